The molecule has 0 unspecified atom stereocenters. The second-order valence-corrected chi connectivity index (χ2v) is 10.3. The number of urea groups is 1. The molecule has 1 aromatic carbocycles. The molecule has 13 nitrogen and oxygen atoms in total. The first-order valence-electron chi connectivity index (χ1n) is 13.7. The standard InChI is InChI=1S/C30H30N10O3/c1-38(2)29(41)19-4-7-23(8-5-19)34-30(42)36-25-9-6-20(15-31-25)27-35-24-14-21(22-17-33-39(3)18-22)16-32-26(24)28(37-27)40-10-12-43-13-11-40/h4-9,14-18H,10-13H2,1-3H3,(H2,31,34,36,42). The second-order valence-electron chi connectivity index (χ2n) is 10.3. The highest BCUT2D eigenvalue weighted by Gasteiger charge is 2.20. The number of ether oxygens (including phenoxy) is 1. The highest BCUT2D eigenvalue weighted by Crippen LogP contribution is 2.30. The van der Waals surface area contributed by atoms with Gasteiger partial charge in [0, 0.05) is 80.8 Å². The number of nitrogens with one attached hydrogen (secondary N) is 2. The number of nitrogens with zero attached hydrogens (tertiary/aromatic N) is 8. The van der Waals surface area contributed by atoms with Crippen molar-refractivity contribution in [3.05, 3.63) is 72.8 Å². The Hall–Kier alpha value is -5.43. The molecular formula is C30H30N10O3. The number of aromatic nitrogens is 6. The quantitative estimate of drug-likeness (QED) is 0.308. The summed E-state index contributed by atoms with van der Waals surface area (Å²) in [6.07, 6.45) is 7.17. The van der Waals surface area contributed by atoms with Gasteiger partial charge in [-0.3, -0.25) is 19.8 Å². The molecule has 218 valence electrons. The lowest BCUT2D eigenvalue weighted by Crippen LogP contribution is -2.37. The van der Waals surface area contributed by atoms with E-state index >= 15 is 0 Å². The Balaban J connectivity index is 1.23. The van der Waals surface area contributed by atoms with Gasteiger partial charge < -0.3 is 19.9 Å². The Morgan fingerprint density at radius 2 is 1.65 bits per heavy atom. The molecule has 1 fully saturated rings. The number of anilines is 3. The van der Waals surface area contributed by atoms with Gasteiger partial charge in [0.1, 0.15) is 11.3 Å². The summed E-state index contributed by atoms with van der Waals surface area (Å²) >= 11 is 0. The lowest BCUT2D eigenvalue weighted by Gasteiger charge is -2.28. The first-order chi connectivity index (χ1) is 20.8. The van der Waals surface area contributed by atoms with Gasteiger partial charge >= 0.3 is 6.03 Å². The van der Waals surface area contributed by atoms with E-state index in [0.717, 1.165) is 16.9 Å². The number of amides is 3. The molecule has 0 radical (unpaired) electrons. The summed E-state index contributed by atoms with van der Waals surface area (Å²) in [6.45, 7) is 2.61. The molecule has 0 saturated carbocycles. The summed E-state index contributed by atoms with van der Waals surface area (Å²) in [7, 11) is 5.25. The minimum atomic E-state index is -0.461. The van der Waals surface area contributed by atoms with E-state index in [9.17, 15) is 9.59 Å². The molecule has 6 rings (SSSR count). The molecule has 4 aromatic heterocycles. The zero-order chi connectivity index (χ0) is 29.9. The average Bonchev–Trinajstić information content (AvgIpc) is 3.47. The van der Waals surface area contributed by atoms with Crippen LogP contribution in [0.2, 0.25) is 0 Å². The maximum Gasteiger partial charge on any atom is 0.324 e. The second kappa shape index (κ2) is 11.8. The van der Waals surface area contributed by atoms with Crippen molar-refractivity contribution in [2.75, 3.05) is 55.9 Å². The van der Waals surface area contributed by atoms with E-state index in [1.54, 1.807) is 61.5 Å². The number of rotatable bonds is 6. The first kappa shape index (κ1) is 27.7. The predicted octanol–water partition coefficient (Wildman–Crippen LogP) is 3.67. The van der Waals surface area contributed by atoms with Crippen LogP contribution in [0, 0.1) is 0 Å². The molecule has 1 aliphatic rings. The summed E-state index contributed by atoms with van der Waals surface area (Å²) in [5.74, 6) is 1.48. The highest BCUT2D eigenvalue weighted by atomic mass is 16.5. The van der Waals surface area contributed by atoms with Gasteiger partial charge in [-0.2, -0.15) is 5.10 Å². The zero-order valence-corrected chi connectivity index (χ0v) is 24.0. The largest absolute Gasteiger partial charge is 0.378 e. The Bertz CT molecular complexity index is 1780. The third-order valence-electron chi connectivity index (χ3n) is 6.93. The predicted molar refractivity (Wildman–Crippen MR) is 163 cm³/mol. The lowest BCUT2D eigenvalue weighted by molar-refractivity contribution is 0.0827. The monoisotopic (exact) mass is 578 g/mol. The fraction of sp³-hybridized carbons (Fsp3) is 0.233. The Morgan fingerprint density at radius 3 is 2.33 bits per heavy atom. The smallest absolute Gasteiger partial charge is 0.324 e. The van der Waals surface area contributed by atoms with Crippen LogP contribution >= 0.6 is 0 Å². The van der Waals surface area contributed by atoms with Crippen LogP contribution in [0.4, 0.5) is 22.1 Å². The minimum Gasteiger partial charge on any atom is -0.378 e. The van der Waals surface area contributed by atoms with Gasteiger partial charge in [-0.05, 0) is 42.5 Å². The summed E-state index contributed by atoms with van der Waals surface area (Å²) in [4.78, 5) is 47.2. The summed E-state index contributed by atoms with van der Waals surface area (Å²) in [6, 6.07) is 11.7. The van der Waals surface area contributed by atoms with Crippen molar-refractivity contribution in [3.63, 3.8) is 0 Å². The number of aryl methyl sites for hydroxylation is 1. The number of carbonyl (C=O) groups excluding carboxylic acids is 2. The van der Waals surface area contributed by atoms with Crippen molar-refractivity contribution >= 4 is 40.3 Å². The van der Waals surface area contributed by atoms with Crippen molar-refractivity contribution in [3.8, 4) is 22.5 Å². The highest BCUT2D eigenvalue weighted by molar-refractivity contribution is 6.00. The fourth-order valence-electron chi connectivity index (χ4n) is 4.69. The van der Waals surface area contributed by atoms with Crippen LogP contribution in [0.3, 0.4) is 0 Å². The van der Waals surface area contributed by atoms with Crippen molar-refractivity contribution < 1.29 is 14.3 Å². The van der Waals surface area contributed by atoms with Crippen LogP contribution in [0.1, 0.15) is 10.4 Å². The van der Waals surface area contributed by atoms with Crippen LogP contribution in [-0.2, 0) is 11.8 Å². The number of pyridine rings is 2. The molecule has 1 saturated heterocycles. The van der Waals surface area contributed by atoms with Crippen LogP contribution in [0.15, 0.2) is 67.3 Å². The molecule has 0 aliphatic carbocycles. The van der Waals surface area contributed by atoms with Gasteiger partial charge in [0.2, 0.25) is 0 Å². The SMILES string of the molecule is CN(C)C(=O)c1ccc(NC(=O)Nc2ccc(-c3nc(N4CCOCC4)c4ncc(-c5cnn(C)c5)cc4n3)cn2)cc1. The maximum absolute atomic E-state index is 12.6. The molecule has 0 bridgehead atoms. The Labute approximate surface area is 247 Å². The van der Waals surface area contributed by atoms with Crippen LogP contribution < -0.4 is 15.5 Å². The Kier molecular flexibility index (Phi) is 7.62. The molecule has 2 N–H and O–H groups in total. The van der Waals surface area contributed by atoms with Crippen molar-refractivity contribution in [2.24, 2.45) is 7.05 Å². The summed E-state index contributed by atoms with van der Waals surface area (Å²) < 4.78 is 7.30. The van der Waals surface area contributed by atoms with E-state index < -0.39 is 6.03 Å². The van der Waals surface area contributed by atoms with Gasteiger partial charge in [0.15, 0.2) is 11.6 Å². The van der Waals surface area contributed by atoms with Crippen LogP contribution in [0.25, 0.3) is 33.5 Å². The topological polar surface area (TPSA) is 143 Å². The van der Waals surface area contributed by atoms with E-state index in [1.807, 2.05) is 31.6 Å². The van der Waals surface area contributed by atoms with Gasteiger partial charge in [-0.25, -0.2) is 19.7 Å². The van der Waals surface area contributed by atoms with E-state index in [2.05, 4.69) is 25.6 Å². The normalized spacial score (nSPS) is 13.1. The van der Waals surface area contributed by atoms with Gasteiger partial charge in [-0.15, -0.1) is 0 Å². The van der Waals surface area contributed by atoms with Gasteiger partial charge in [0.05, 0.1) is 24.9 Å². The van der Waals surface area contributed by atoms with E-state index in [0.29, 0.717) is 65.8 Å². The Morgan fingerprint density at radius 1 is 0.884 bits per heavy atom. The average molecular weight is 579 g/mol. The van der Waals surface area contributed by atoms with Crippen LogP contribution in [0.5, 0.6) is 0 Å². The zero-order valence-electron chi connectivity index (χ0n) is 24.0. The molecule has 43 heavy (non-hydrogen) atoms. The van der Waals surface area contributed by atoms with E-state index in [-0.39, 0.29) is 5.91 Å². The molecule has 1 aliphatic heterocycles. The molecular weight excluding hydrogens is 548 g/mol. The third kappa shape index (κ3) is 6.11. The molecule has 5 heterocycles. The van der Waals surface area contributed by atoms with Crippen molar-refractivity contribution in [2.45, 2.75) is 0 Å². The van der Waals surface area contributed by atoms with Crippen molar-refractivity contribution in [1.29, 1.82) is 0 Å². The number of fused-ring (bicyclic) bond motifs is 1. The lowest BCUT2D eigenvalue weighted by atomic mass is 10.1. The number of hydrogen-bond donors (Lipinski definition) is 2. The number of hydrogen-bond acceptors (Lipinski definition) is 9. The molecule has 5 aromatic rings. The molecule has 13 heteroatoms. The molecule has 0 spiro atoms. The summed E-state index contributed by atoms with van der Waals surface area (Å²) in [5, 5.41) is 9.75. The fourth-order valence-corrected chi connectivity index (χ4v) is 4.69. The third-order valence-corrected chi connectivity index (χ3v) is 6.93. The maximum atomic E-state index is 12.6. The first-order valence-corrected chi connectivity index (χ1v) is 13.7. The van der Waals surface area contributed by atoms with Gasteiger partial charge in [-0.1, -0.05) is 0 Å². The van der Waals surface area contributed by atoms with E-state index in [1.165, 1.54) is 4.90 Å². The number of morpholine rings is 1. The van der Waals surface area contributed by atoms with Crippen molar-refractivity contribution in [1.82, 2.24) is 34.6 Å². The molecule has 3 amide bonds. The van der Waals surface area contributed by atoms with Crippen LogP contribution in [-0.4, -0.2) is 87.0 Å². The number of carbonyl (C=O) groups is 2. The van der Waals surface area contributed by atoms with E-state index in [4.69, 9.17) is 19.7 Å². The summed E-state index contributed by atoms with van der Waals surface area (Å²) in [5.41, 5.74) is 5.02. The number of benzene rings is 1. The van der Waals surface area contributed by atoms with Gasteiger partial charge in [0.25, 0.3) is 5.91 Å². The molecule has 0 atom stereocenters. The minimum absolute atomic E-state index is 0.113.